The van der Waals surface area contributed by atoms with Gasteiger partial charge >= 0.3 is 0 Å². The Balaban J connectivity index is 2.41. The molecule has 1 rings (SSSR count). The van der Waals surface area contributed by atoms with E-state index in [2.05, 4.69) is 24.2 Å². The second-order valence-corrected chi connectivity index (χ2v) is 15.1. The van der Waals surface area contributed by atoms with Gasteiger partial charge in [-0.25, -0.2) is 0 Å². The molecule has 1 unspecified atom stereocenters. The molecule has 1 N–H and O–H groups in total. The van der Waals surface area contributed by atoms with Crippen molar-refractivity contribution in [3.8, 4) is 0 Å². The first-order valence-corrected chi connectivity index (χ1v) is 21.2. The maximum Gasteiger partial charge on any atom is -0.000664 e. The molecule has 0 radical (unpaired) electrons. The fourth-order valence-electron chi connectivity index (χ4n) is 7.71. The van der Waals surface area contributed by atoms with Gasteiger partial charge < -0.3 is 10.2 Å². The Morgan fingerprint density at radius 2 is 0.795 bits per heavy atom. The van der Waals surface area contributed by atoms with Gasteiger partial charge in [0.2, 0.25) is 0 Å². The highest BCUT2D eigenvalue weighted by molar-refractivity contribution is 4.64. The Labute approximate surface area is 280 Å². The lowest BCUT2D eigenvalue weighted by atomic mass is 9.89. The summed E-state index contributed by atoms with van der Waals surface area (Å²) < 4.78 is 0. The second-order valence-electron chi connectivity index (χ2n) is 15.1. The van der Waals surface area contributed by atoms with Crippen molar-refractivity contribution in [3.05, 3.63) is 0 Å². The summed E-state index contributed by atoms with van der Waals surface area (Å²) in [4.78, 5) is 2.80. The molecular formula is C42H86N2. The Morgan fingerprint density at radius 3 is 1.20 bits per heavy atom. The highest BCUT2D eigenvalue weighted by Crippen LogP contribution is 2.25. The summed E-state index contributed by atoms with van der Waals surface area (Å²) in [6.45, 7) is 7.47. The molecule has 1 heterocycles. The van der Waals surface area contributed by atoms with Crippen molar-refractivity contribution >= 4 is 0 Å². The van der Waals surface area contributed by atoms with Crippen LogP contribution in [0.4, 0.5) is 0 Å². The summed E-state index contributed by atoms with van der Waals surface area (Å²) in [6, 6.07) is 0. The summed E-state index contributed by atoms with van der Waals surface area (Å²) in [5, 5.41) is 3.36. The van der Waals surface area contributed by atoms with Crippen molar-refractivity contribution in [2.24, 2.45) is 5.92 Å². The molecule has 1 saturated heterocycles. The van der Waals surface area contributed by atoms with E-state index >= 15 is 0 Å². The van der Waals surface area contributed by atoms with Gasteiger partial charge in [-0.3, -0.25) is 0 Å². The van der Waals surface area contributed by atoms with Gasteiger partial charge in [0.1, 0.15) is 0 Å². The van der Waals surface area contributed by atoms with E-state index in [0.717, 1.165) is 12.5 Å². The Morgan fingerprint density at radius 1 is 0.432 bits per heavy atom. The predicted octanol–water partition coefficient (Wildman–Crippen LogP) is 13.8. The first-order chi connectivity index (χ1) is 21.9. The number of nitrogens with one attached hydrogen (secondary N) is 1. The fraction of sp³-hybridized carbons (Fsp3) is 1.00. The third-order valence-corrected chi connectivity index (χ3v) is 10.8. The van der Waals surface area contributed by atoms with E-state index < -0.39 is 0 Å². The molecule has 0 aromatic carbocycles. The van der Waals surface area contributed by atoms with Crippen LogP contribution in [-0.2, 0) is 0 Å². The number of hydrogen-bond donors (Lipinski definition) is 1. The first kappa shape index (κ1) is 41.9. The summed E-state index contributed by atoms with van der Waals surface area (Å²) in [5.41, 5.74) is 0. The SMILES string of the molecule is CCCCCCCCC1CCCCCCCCCCCCCCCCCCCCCCN(CCCNC)CCCCCCC1. The lowest BCUT2D eigenvalue weighted by molar-refractivity contribution is 0.256. The van der Waals surface area contributed by atoms with E-state index in [0.29, 0.717) is 0 Å². The molecule has 0 spiro atoms. The summed E-state index contributed by atoms with van der Waals surface area (Å²) >= 11 is 0. The van der Waals surface area contributed by atoms with Crippen LogP contribution in [-0.4, -0.2) is 38.1 Å². The highest BCUT2D eigenvalue weighted by Gasteiger charge is 2.09. The van der Waals surface area contributed by atoms with Crippen LogP contribution >= 0.6 is 0 Å². The molecule has 0 bridgehead atoms. The van der Waals surface area contributed by atoms with Crippen molar-refractivity contribution in [3.63, 3.8) is 0 Å². The van der Waals surface area contributed by atoms with Crippen LogP contribution in [0.15, 0.2) is 0 Å². The third kappa shape index (κ3) is 30.6. The molecule has 2 heteroatoms. The van der Waals surface area contributed by atoms with Crippen LogP contribution in [0.5, 0.6) is 0 Å². The van der Waals surface area contributed by atoms with Crippen LogP contribution in [0.25, 0.3) is 0 Å². The van der Waals surface area contributed by atoms with Crippen LogP contribution < -0.4 is 5.32 Å². The molecule has 0 aromatic heterocycles. The van der Waals surface area contributed by atoms with Crippen LogP contribution in [0, 0.1) is 5.92 Å². The zero-order chi connectivity index (χ0) is 31.4. The van der Waals surface area contributed by atoms with Gasteiger partial charge in [0, 0.05) is 0 Å². The van der Waals surface area contributed by atoms with Gasteiger partial charge in [0.05, 0.1) is 0 Å². The van der Waals surface area contributed by atoms with Crippen LogP contribution in [0.1, 0.15) is 232 Å². The van der Waals surface area contributed by atoms with Crippen molar-refractivity contribution < 1.29 is 0 Å². The Bertz CT molecular complexity index is 520. The fourth-order valence-corrected chi connectivity index (χ4v) is 7.71. The largest absolute Gasteiger partial charge is 0.320 e. The van der Waals surface area contributed by atoms with E-state index in [9.17, 15) is 0 Å². The molecule has 2 nitrogen and oxygen atoms in total. The van der Waals surface area contributed by atoms with E-state index in [4.69, 9.17) is 0 Å². The summed E-state index contributed by atoms with van der Waals surface area (Å²) in [7, 11) is 2.10. The number of nitrogens with zero attached hydrogens (tertiary/aromatic N) is 1. The second kappa shape index (κ2) is 35.8. The number of hydrogen-bond acceptors (Lipinski definition) is 2. The normalized spacial score (nSPS) is 22.6. The third-order valence-electron chi connectivity index (χ3n) is 10.8. The maximum atomic E-state index is 3.36. The van der Waals surface area contributed by atoms with Gasteiger partial charge in [-0.1, -0.05) is 212 Å². The van der Waals surface area contributed by atoms with Gasteiger partial charge in [-0.15, -0.1) is 0 Å². The lowest BCUT2D eigenvalue weighted by Gasteiger charge is -2.22. The van der Waals surface area contributed by atoms with Gasteiger partial charge in [-0.05, 0) is 58.4 Å². The molecule has 0 aromatic rings. The molecule has 264 valence electrons. The Hall–Kier alpha value is -0.0800. The van der Waals surface area contributed by atoms with Crippen molar-refractivity contribution in [2.75, 3.05) is 33.2 Å². The quantitative estimate of drug-likeness (QED) is 0.232. The first-order valence-electron chi connectivity index (χ1n) is 21.2. The standard InChI is InChI=1S/C42H86N2/c1-3-4-5-6-24-29-35-42-36-30-25-21-19-17-15-13-11-9-7-8-10-12-14-16-18-20-22-27-32-39-44(41-34-38-43-2)40-33-28-23-26-31-37-42/h42-43H,3-41H2,1-2H3. The van der Waals surface area contributed by atoms with Crippen molar-refractivity contribution in [1.29, 1.82) is 0 Å². The average molecular weight is 619 g/mol. The molecule has 0 amide bonds. The molecule has 1 fully saturated rings. The van der Waals surface area contributed by atoms with Gasteiger partial charge in [0.15, 0.2) is 0 Å². The summed E-state index contributed by atoms with van der Waals surface area (Å²) in [5.74, 6) is 1.02. The molecule has 0 saturated carbocycles. The number of rotatable bonds is 11. The molecule has 44 heavy (non-hydrogen) atoms. The minimum absolute atomic E-state index is 1.02. The van der Waals surface area contributed by atoms with E-state index in [-0.39, 0.29) is 0 Å². The average Bonchev–Trinajstić information content (AvgIpc) is 3.03. The van der Waals surface area contributed by atoms with Crippen LogP contribution in [0.3, 0.4) is 0 Å². The van der Waals surface area contributed by atoms with Crippen molar-refractivity contribution in [2.45, 2.75) is 232 Å². The highest BCUT2D eigenvalue weighted by atomic mass is 15.1. The monoisotopic (exact) mass is 619 g/mol. The molecule has 1 aliphatic rings. The van der Waals surface area contributed by atoms with Gasteiger partial charge in [0.25, 0.3) is 0 Å². The predicted molar refractivity (Wildman–Crippen MR) is 201 cm³/mol. The number of unbranched alkanes of at least 4 members (excludes halogenated alkanes) is 5. The molecule has 1 atom stereocenters. The zero-order valence-electron chi connectivity index (χ0n) is 31.1. The van der Waals surface area contributed by atoms with E-state index in [1.807, 2.05) is 0 Å². The summed E-state index contributed by atoms with van der Waals surface area (Å²) in [6.07, 6.45) is 51.6. The smallest absolute Gasteiger partial charge is 0.000664 e. The topological polar surface area (TPSA) is 15.3 Å². The van der Waals surface area contributed by atoms with Crippen LogP contribution in [0.2, 0.25) is 0 Å². The zero-order valence-corrected chi connectivity index (χ0v) is 31.1. The van der Waals surface area contributed by atoms with Crippen molar-refractivity contribution in [1.82, 2.24) is 10.2 Å². The van der Waals surface area contributed by atoms with E-state index in [1.165, 1.54) is 244 Å². The molecular weight excluding hydrogens is 532 g/mol. The minimum atomic E-state index is 1.02. The van der Waals surface area contributed by atoms with E-state index in [1.54, 1.807) is 0 Å². The molecule has 0 aliphatic carbocycles. The Kier molecular flexibility index (Phi) is 34.1. The minimum Gasteiger partial charge on any atom is -0.320 e. The van der Waals surface area contributed by atoms with Gasteiger partial charge in [-0.2, -0.15) is 0 Å². The molecule has 1 aliphatic heterocycles. The lowest BCUT2D eigenvalue weighted by Crippen LogP contribution is -2.29. The maximum absolute atomic E-state index is 3.36.